The van der Waals surface area contributed by atoms with E-state index in [1.165, 1.54) is 5.69 Å². The second-order valence-electron chi connectivity index (χ2n) is 5.72. The lowest BCUT2D eigenvalue weighted by molar-refractivity contribution is 0.265. The molecule has 0 spiro atoms. The maximum atomic E-state index is 5.55. The Kier molecular flexibility index (Phi) is 3.68. The van der Waals surface area contributed by atoms with Gasteiger partial charge in [0.25, 0.3) is 0 Å². The van der Waals surface area contributed by atoms with Crippen LogP contribution in [0.3, 0.4) is 0 Å². The zero-order chi connectivity index (χ0) is 15.0. The minimum absolute atomic E-state index is 0.0687. The van der Waals surface area contributed by atoms with E-state index in [2.05, 4.69) is 53.1 Å². The molecule has 0 unspecified atom stereocenters. The van der Waals surface area contributed by atoms with Crippen LogP contribution < -0.4 is 5.32 Å². The van der Waals surface area contributed by atoms with Crippen molar-refractivity contribution in [2.75, 3.05) is 0 Å². The Morgan fingerprint density at radius 3 is 2.62 bits per heavy atom. The molecule has 2 atom stereocenters. The fourth-order valence-electron chi connectivity index (χ4n) is 2.95. The Hall–Kier alpha value is -1.88. The first kappa shape index (κ1) is 14.1. The first-order chi connectivity index (χ1) is 10.1. The van der Waals surface area contributed by atoms with Crippen LogP contribution in [0.15, 0.2) is 36.5 Å². The Bertz CT molecular complexity index is 635. The lowest BCUT2D eigenvalue weighted by atomic mass is 10.0. The minimum Gasteiger partial charge on any atom is -0.361 e. The van der Waals surface area contributed by atoms with Gasteiger partial charge < -0.3 is 15.2 Å². The van der Waals surface area contributed by atoms with Gasteiger partial charge in [0.1, 0.15) is 0 Å². The number of pyridine rings is 1. The summed E-state index contributed by atoms with van der Waals surface area (Å²) in [4.78, 5) is 10.2. The molecule has 5 heteroatoms. The smallest absolute Gasteiger partial charge is 0.170 e. The molecule has 0 amide bonds. The van der Waals surface area contributed by atoms with Crippen LogP contribution in [0.25, 0.3) is 0 Å². The number of aromatic amines is 1. The number of nitrogens with one attached hydrogen (secondary N) is 2. The van der Waals surface area contributed by atoms with Gasteiger partial charge in [-0.2, -0.15) is 0 Å². The van der Waals surface area contributed by atoms with Gasteiger partial charge in [-0.25, -0.2) is 0 Å². The van der Waals surface area contributed by atoms with E-state index < -0.39 is 0 Å². The quantitative estimate of drug-likeness (QED) is 0.855. The van der Waals surface area contributed by atoms with Gasteiger partial charge in [0.2, 0.25) is 0 Å². The normalized spacial score (nSPS) is 21.9. The summed E-state index contributed by atoms with van der Waals surface area (Å²) in [5, 5.41) is 4.22. The van der Waals surface area contributed by atoms with Gasteiger partial charge in [0.15, 0.2) is 5.11 Å². The number of aryl methyl sites for hydroxylation is 1. The average molecular weight is 300 g/mol. The van der Waals surface area contributed by atoms with E-state index in [1.54, 1.807) is 0 Å². The number of H-pyrrole nitrogens is 1. The van der Waals surface area contributed by atoms with E-state index in [-0.39, 0.29) is 12.1 Å². The van der Waals surface area contributed by atoms with Crippen molar-refractivity contribution in [2.24, 2.45) is 0 Å². The Morgan fingerprint density at radius 1 is 1.24 bits per heavy atom. The van der Waals surface area contributed by atoms with E-state index in [0.717, 1.165) is 16.5 Å². The standard InChI is InChI=1S/C16H20N4S/c1-10(2)20-15(13-8-7-11(3)18-13)14(19-16(20)21)12-6-4-5-9-17-12/h4-10,14-15,18H,1-3H3,(H,19,21)/t14-,15+/m0/s1. The summed E-state index contributed by atoms with van der Waals surface area (Å²) in [6, 6.07) is 10.8. The van der Waals surface area contributed by atoms with Gasteiger partial charge in [0, 0.05) is 23.6 Å². The van der Waals surface area contributed by atoms with Crippen molar-refractivity contribution in [2.45, 2.75) is 38.9 Å². The molecular formula is C16H20N4S. The largest absolute Gasteiger partial charge is 0.361 e. The maximum absolute atomic E-state index is 5.55. The molecule has 1 aliphatic rings. The number of aromatic nitrogens is 2. The molecule has 2 aromatic heterocycles. The third-order valence-electron chi connectivity index (χ3n) is 3.86. The second-order valence-corrected chi connectivity index (χ2v) is 6.11. The second kappa shape index (κ2) is 5.48. The van der Waals surface area contributed by atoms with Crippen LogP contribution in [0.1, 0.15) is 43.0 Å². The summed E-state index contributed by atoms with van der Waals surface area (Å²) in [5.74, 6) is 0. The van der Waals surface area contributed by atoms with Crippen molar-refractivity contribution in [1.29, 1.82) is 0 Å². The molecule has 0 aliphatic carbocycles. The van der Waals surface area contributed by atoms with Gasteiger partial charge in [0.05, 0.1) is 17.8 Å². The first-order valence-corrected chi connectivity index (χ1v) is 7.64. The van der Waals surface area contributed by atoms with E-state index in [4.69, 9.17) is 12.2 Å². The molecule has 0 radical (unpaired) electrons. The molecule has 0 saturated carbocycles. The average Bonchev–Trinajstić information content (AvgIpc) is 3.03. The molecule has 0 bridgehead atoms. The molecule has 3 rings (SSSR count). The predicted octanol–water partition coefficient (Wildman–Crippen LogP) is 3.10. The van der Waals surface area contributed by atoms with Gasteiger partial charge in [-0.15, -0.1) is 0 Å². The fourth-order valence-corrected chi connectivity index (χ4v) is 3.40. The zero-order valence-electron chi connectivity index (χ0n) is 12.5. The molecule has 1 fully saturated rings. The predicted molar refractivity (Wildman–Crippen MR) is 88.0 cm³/mol. The summed E-state index contributed by atoms with van der Waals surface area (Å²) in [7, 11) is 0. The number of hydrogen-bond donors (Lipinski definition) is 2. The van der Waals surface area contributed by atoms with Crippen molar-refractivity contribution in [3.63, 3.8) is 0 Å². The van der Waals surface area contributed by atoms with E-state index >= 15 is 0 Å². The monoisotopic (exact) mass is 300 g/mol. The molecule has 4 nitrogen and oxygen atoms in total. The van der Waals surface area contributed by atoms with E-state index in [9.17, 15) is 0 Å². The Balaban J connectivity index is 2.05. The lowest BCUT2D eigenvalue weighted by Gasteiger charge is -2.30. The Morgan fingerprint density at radius 2 is 2.05 bits per heavy atom. The molecule has 2 N–H and O–H groups in total. The fraction of sp³-hybridized carbons (Fsp3) is 0.375. The first-order valence-electron chi connectivity index (χ1n) is 7.23. The highest BCUT2D eigenvalue weighted by molar-refractivity contribution is 7.80. The summed E-state index contributed by atoms with van der Waals surface area (Å²) in [6.07, 6.45) is 1.83. The molecule has 110 valence electrons. The van der Waals surface area contributed by atoms with Crippen LogP contribution in [0.5, 0.6) is 0 Å². The minimum atomic E-state index is 0.0687. The number of nitrogens with zero attached hydrogens (tertiary/aromatic N) is 2. The van der Waals surface area contributed by atoms with Crippen molar-refractivity contribution >= 4 is 17.3 Å². The van der Waals surface area contributed by atoms with Crippen molar-refractivity contribution in [1.82, 2.24) is 20.2 Å². The molecule has 3 heterocycles. The number of thiocarbonyl (C=S) groups is 1. The topological polar surface area (TPSA) is 44.0 Å². The highest BCUT2D eigenvalue weighted by Crippen LogP contribution is 2.39. The van der Waals surface area contributed by atoms with Gasteiger partial charge in [-0.3, -0.25) is 4.98 Å². The summed E-state index contributed by atoms with van der Waals surface area (Å²) in [6.45, 7) is 6.40. The molecule has 0 aromatic carbocycles. The number of rotatable bonds is 3. The van der Waals surface area contributed by atoms with Crippen LogP contribution in [-0.4, -0.2) is 26.0 Å². The van der Waals surface area contributed by atoms with Crippen molar-refractivity contribution in [3.8, 4) is 0 Å². The summed E-state index contributed by atoms with van der Waals surface area (Å²) >= 11 is 5.55. The van der Waals surface area contributed by atoms with Crippen LogP contribution >= 0.6 is 12.2 Å². The maximum Gasteiger partial charge on any atom is 0.170 e. The van der Waals surface area contributed by atoms with Crippen molar-refractivity contribution < 1.29 is 0 Å². The van der Waals surface area contributed by atoms with Gasteiger partial charge in [-0.05, 0) is 57.3 Å². The highest BCUT2D eigenvalue weighted by Gasteiger charge is 2.41. The molecule has 2 aromatic rings. The zero-order valence-corrected chi connectivity index (χ0v) is 13.3. The van der Waals surface area contributed by atoms with Gasteiger partial charge in [-0.1, -0.05) is 6.07 Å². The molecule has 1 aliphatic heterocycles. The van der Waals surface area contributed by atoms with Crippen LogP contribution in [0, 0.1) is 6.92 Å². The van der Waals surface area contributed by atoms with Crippen LogP contribution in [0.2, 0.25) is 0 Å². The SMILES string of the molecule is Cc1ccc([C@@H]2[C@H](c3ccccn3)NC(=S)N2C(C)C)[nH]1. The van der Waals surface area contributed by atoms with E-state index in [0.29, 0.717) is 6.04 Å². The van der Waals surface area contributed by atoms with Crippen LogP contribution in [-0.2, 0) is 0 Å². The number of hydrogen-bond acceptors (Lipinski definition) is 2. The van der Waals surface area contributed by atoms with Crippen molar-refractivity contribution in [3.05, 3.63) is 53.6 Å². The highest BCUT2D eigenvalue weighted by atomic mass is 32.1. The molecular weight excluding hydrogens is 280 g/mol. The third-order valence-corrected chi connectivity index (χ3v) is 4.19. The third kappa shape index (κ3) is 2.53. The Labute approximate surface area is 130 Å². The van der Waals surface area contributed by atoms with E-state index in [1.807, 2.05) is 24.4 Å². The summed E-state index contributed by atoms with van der Waals surface area (Å²) < 4.78 is 0. The molecule has 21 heavy (non-hydrogen) atoms. The molecule has 1 saturated heterocycles. The summed E-state index contributed by atoms with van der Waals surface area (Å²) in [5.41, 5.74) is 3.34. The van der Waals surface area contributed by atoms with Gasteiger partial charge >= 0.3 is 0 Å². The lowest BCUT2D eigenvalue weighted by Crippen LogP contribution is -2.35. The van der Waals surface area contributed by atoms with Crippen LogP contribution in [0.4, 0.5) is 0 Å².